The minimum absolute atomic E-state index is 0.616. The second-order valence-corrected chi connectivity index (χ2v) is 10.3. The Labute approximate surface area is 198 Å². The Morgan fingerprint density at radius 3 is 2.39 bits per heavy atom. The molecule has 5 rings (SSSR count). The van der Waals surface area contributed by atoms with Gasteiger partial charge in [0.2, 0.25) is 0 Å². The Hall–Kier alpha value is -2.40. The van der Waals surface area contributed by atoms with Gasteiger partial charge in [0.25, 0.3) is 0 Å². The van der Waals surface area contributed by atoms with Crippen LogP contribution in [0.15, 0.2) is 30.3 Å². The zero-order valence-electron chi connectivity index (χ0n) is 20.6. The minimum Gasteiger partial charge on any atom is -0.382 e. The molecule has 0 spiro atoms. The first-order valence-electron chi connectivity index (χ1n) is 13.0. The molecule has 1 aromatic carbocycles. The van der Waals surface area contributed by atoms with E-state index in [0.29, 0.717) is 6.04 Å². The smallest absolute Gasteiger partial charge is 0.160 e. The van der Waals surface area contributed by atoms with Gasteiger partial charge in [-0.3, -0.25) is 0 Å². The lowest BCUT2D eigenvalue weighted by Crippen LogP contribution is -2.32. The van der Waals surface area contributed by atoms with Crippen molar-refractivity contribution in [2.24, 2.45) is 5.92 Å². The molecule has 2 aliphatic rings. The monoisotopic (exact) mass is 445 g/mol. The summed E-state index contributed by atoms with van der Waals surface area (Å²) in [7, 11) is 0. The van der Waals surface area contributed by atoms with Crippen molar-refractivity contribution < 1.29 is 0 Å². The number of anilines is 1. The number of hydrogen-bond acceptors (Lipinski definition) is 4. The first kappa shape index (κ1) is 22.4. The highest BCUT2D eigenvalue weighted by molar-refractivity contribution is 5.76. The lowest BCUT2D eigenvalue weighted by Gasteiger charge is -2.32. The van der Waals surface area contributed by atoms with Crippen LogP contribution in [0.2, 0.25) is 0 Å². The second kappa shape index (κ2) is 9.84. The van der Waals surface area contributed by atoms with Crippen LogP contribution in [-0.4, -0.2) is 45.1 Å². The van der Waals surface area contributed by atoms with Gasteiger partial charge in [-0.25, -0.2) is 9.97 Å². The van der Waals surface area contributed by atoms with E-state index in [0.717, 1.165) is 41.6 Å². The molecular weight excluding hydrogens is 406 g/mol. The number of hydrogen-bond donors (Lipinski definition) is 1. The molecule has 1 N–H and O–H groups in total. The third-order valence-corrected chi connectivity index (χ3v) is 7.64. The van der Waals surface area contributed by atoms with Gasteiger partial charge >= 0.3 is 0 Å². The molecule has 3 aromatic rings. The molecule has 33 heavy (non-hydrogen) atoms. The fourth-order valence-corrected chi connectivity index (χ4v) is 5.83. The van der Waals surface area contributed by atoms with Crippen molar-refractivity contribution in [2.45, 2.75) is 78.3 Å². The zero-order chi connectivity index (χ0) is 22.8. The van der Waals surface area contributed by atoms with Gasteiger partial charge in [0, 0.05) is 30.4 Å². The van der Waals surface area contributed by atoms with Crippen LogP contribution in [0.5, 0.6) is 0 Å². The van der Waals surface area contributed by atoms with Crippen molar-refractivity contribution >= 4 is 16.9 Å². The van der Waals surface area contributed by atoms with E-state index in [9.17, 15) is 0 Å². The molecule has 0 amide bonds. The lowest BCUT2D eigenvalue weighted by molar-refractivity contribution is 0.228. The third kappa shape index (κ3) is 5.08. The van der Waals surface area contributed by atoms with Crippen molar-refractivity contribution in [3.05, 3.63) is 53.0 Å². The van der Waals surface area contributed by atoms with E-state index in [-0.39, 0.29) is 0 Å². The van der Waals surface area contributed by atoms with E-state index in [4.69, 9.17) is 9.97 Å². The maximum Gasteiger partial charge on any atom is 0.160 e. The highest BCUT2D eigenvalue weighted by Gasteiger charge is 2.24. The summed E-state index contributed by atoms with van der Waals surface area (Å²) in [5.74, 6) is 2.02. The molecule has 1 aliphatic carbocycles. The average Bonchev–Trinajstić information content (AvgIpc) is 3.45. The van der Waals surface area contributed by atoms with Crippen LogP contribution in [0, 0.1) is 19.8 Å². The molecule has 0 atom stereocenters. The number of likely N-dealkylation sites (tertiary alicyclic amines) is 1. The largest absolute Gasteiger partial charge is 0.382 e. The summed E-state index contributed by atoms with van der Waals surface area (Å²) < 4.78 is 2.29. The lowest BCUT2D eigenvalue weighted by atomic mass is 9.85. The molecule has 2 fully saturated rings. The van der Waals surface area contributed by atoms with Crippen LogP contribution < -0.4 is 5.32 Å². The summed E-state index contributed by atoms with van der Waals surface area (Å²) in [5, 5.41) is 3.80. The van der Waals surface area contributed by atoms with Gasteiger partial charge in [0.1, 0.15) is 11.3 Å². The molecule has 3 heterocycles. The number of rotatable bonds is 7. The van der Waals surface area contributed by atoms with Crippen LogP contribution in [0.4, 0.5) is 5.69 Å². The Morgan fingerprint density at radius 1 is 0.970 bits per heavy atom. The summed E-state index contributed by atoms with van der Waals surface area (Å²) in [5.41, 5.74) is 6.86. The quantitative estimate of drug-likeness (QED) is 0.505. The normalized spacial score (nSPS) is 21.7. The number of fused-ring (bicyclic) bond motifs is 1. The maximum absolute atomic E-state index is 4.89. The summed E-state index contributed by atoms with van der Waals surface area (Å²) in [4.78, 5) is 12.4. The van der Waals surface area contributed by atoms with E-state index < -0.39 is 0 Å². The van der Waals surface area contributed by atoms with Crippen molar-refractivity contribution in [1.82, 2.24) is 19.4 Å². The molecule has 5 nitrogen and oxygen atoms in total. The molecule has 1 aliphatic heterocycles. The number of nitrogens with one attached hydrogen (secondary N) is 1. The van der Waals surface area contributed by atoms with Crippen LogP contribution in [0.3, 0.4) is 0 Å². The molecule has 0 radical (unpaired) electrons. The Bertz CT molecular complexity index is 1070. The van der Waals surface area contributed by atoms with Gasteiger partial charge < -0.3 is 14.8 Å². The second-order valence-electron chi connectivity index (χ2n) is 10.3. The molecule has 2 aromatic heterocycles. The molecule has 1 saturated carbocycles. The number of aromatic nitrogens is 3. The van der Waals surface area contributed by atoms with E-state index in [2.05, 4.69) is 65.9 Å². The Balaban J connectivity index is 1.20. The summed E-state index contributed by atoms with van der Waals surface area (Å²) >= 11 is 0. The van der Waals surface area contributed by atoms with E-state index in [1.807, 2.05) is 0 Å². The zero-order valence-corrected chi connectivity index (χ0v) is 20.6. The fraction of sp³-hybridized carbons (Fsp3) is 0.571. The van der Waals surface area contributed by atoms with Gasteiger partial charge in [0.05, 0.1) is 6.54 Å². The van der Waals surface area contributed by atoms with Gasteiger partial charge in [0.15, 0.2) is 5.65 Å². The molecule has 176 valence electrons. The molecule has 0 unspecified atom stereocenters. The number of aryl methyl sites for hydroxylation is 3. The van der Waals surface area contributed by atoms with Gasteiger partial charge in [-0.2, -0.15) is 0 Å². The average molecular weight is 446 g/mol. The number of pyridine rings is 1. The van der Waals surface area contributed by atoms with Crippen molar-refractivity contribution in [3.8, 4) is 0 Å². The molecule has 1 saturated heterocycles. The van der Waals surface area contributed by atoms with E-state index in [1.165, 1.54) is 75.0 Å². The van der Waals surface area contributed by atoms with Crippen LogP contribution in [0.25, 0.3) is 11.2 Å². The van der Waals surface area contributed by atoms with Gasteiger partial charge in [-0.15, -0.1) is 0 Å². The SMILES string of the molecule is CCc1nc2c(C)cc(C)nc2n1Cc1ccc(N[C@H]2CC[C@@H](CN3CCCC3)CC2)cc1. The molecular formula is C28H39N5. The summed E-state index contributed by atoms with van der Waals surface area (Å²) in [6.45, 7) is 11.2. The molecule has 0 bridgehead atoms. The Morgan fingerprint density at radius 2 is 1.70 bits per heavy atom. The third-order valence-electron chi connectivity index (χ3n) is 7.64. The summed E-state index contributed by atoms with van der Waals surface area (Å²) in [6, 6.07) is 11.8. The van der Waals surface area contributed by atoms with E-state index in [1.54, 1.807) is 0 Å². The Kier molecular flexibility index (Phi) is 6.68. The fourth-order valence-electron chi connectivity index (χ4n) is 5.83. The first-order valence-corrected chi connectivity index (χ1v) is 13.0. The van der Waals surface area contributed by atoms with Gasteiger partial charge in [-0.1, -0.05) is 19.1 Å². The van der Waals surface area contributed by atoms with E-state index >= 15 is 0 Å². The van der Waals surface area contributed by atoms with Crippen LogP contribution in [-0.2, 0) is 13.0 Å². The maximum atomic E-state index is 4.89. The van der Waals surface area contributed by atoms with Crippen LogP contribution >= 0.6 is 0 Å². The number of benzene rings is 1. The minimum atomic E-state index is 0.616. The van der Waals surface area contributed by atoms with Crippen molar-refractivity contribution in [3.63, 3.8) is 0 Å². The predicted octanol–water partition coefficient (Wildman–Crippen LogP) is 5.73. The molecule has 5 heteroatoms. The number of imidazole rings is 1. The van der Waals surface area contributed by atoms with Crippen molar-refractivity contribution in [1.29, 1.82) is 0 Å². The first-order chi connectivity index (χ1) is 16.1. The van der Waals surface area contributed by atoms with Gasteiger partial charge in [-0.05, 0) is 101 Å². The standard InChI is InChI=1S/C28H39N5/c1-4-26-31-27-20(2)17-21(3)29-28(27)33(26)19-23-9-13-25(14-10-23)30-24-11-7-22(8-12-24)18-32-15-5-6-16-32/h9-10,13-14,17,22,24,30H,4-8,11-12,15-16,18-19H2,1-3H3/t22-,24+. The highest BCUT2D eigenvalue weighted by Crippen LogP contribution is 2.28. The summed E-state index contributed by atoms with van der Waals surface area (Å²) in [6.07, 6.45) is 9.04. The predicted molar refractivity (Wildman–Crippen MR) is 137 cm³/mol. The van der Waals surface area contributed by atoms with Crippen molar-refractivity contribution in [2.75, 3.05) is 25.0 Å². The number of nitrogens with zero attached hydrogens (tertiary/aromatic N) is 4. The highest BCUT2D eigenvalue weighted by atomic mass is 15.1. The van der Waals surface area contributed by atoms with Crippen LogP contribution in [0.1, 0.15) is 68.1 Å². The topological polar surface area (TPSA) is 46.0 Å².